The first-order valence-electron chi connectivity index (χ1n) is 9.43. The second kappa shape index (κ2) is 8.18. The second-order valence-corrected chi connectivity index (χ2v) is 6.88. The standard InChI is InChI=1S/C22H22N4O3/c1-14-11-15(2)25-22(24-14)26-17-9-7-16(8-10-17)21(27)23-12-18-13-28-19-5-3-4-6-20(19)29-18/h3-11,18H,12-13H2,1-2H3,(H,23,27)(H,24,25,26). The van der Waals surface area contributed by atoms with E-state index < -0.39 is 0 Å². The number of nitrogens with one attached hydrogen (secondary N) is 2. The summed E-state index contributed by atoms with van der Waals surface area (Å²) in [6.45, 7) is 4.61. The van der Waals surface area contributed by atoms with Crippen LogP contribution in [0.5, 0.6) is 11.5 Å². The van der Waals surface area contributed by atoms with Crippen molar-refractivity contribution in [3.05, 3.63) is 71.5 Å². The van der Waals surface area contributed by atoms with Gasteiger partial charge in [0.25, 0.3) is 5.91 Å². The molecule has 4 rings (SSSR count). The van der Waals surface area contributed by atoms with Crippen LogP contribution in [0.1, 0.15) is 21.7 Å². The third-order valence-electron chi connectivity index (χ3n) is 4.44. The summed E-state index contributed by atoms with van der Waals surface area (Å²) in [4.78, 5) is 21.2. The van der Waals surface area contributed by atoms with Gasteiger partial charge in [0.05, 0.1) is 6.54 Å². The third kappa shape index (κ3) is 4.63. The van der Waals surface area contributed by atoms with Crippen molar-refractivity contribution in [3.8, 4) is 11.5 Å². The van der Waals surface area contributed by atoms with Crippen LogP contribution in [0.15, 0.2) is 54.6 Å². The first-order chi connectivity index (χ1) is 14.1. The highest BCUT2D eigenvalue weighted by molar-refractivity contribution is 5.94. The van der Waals surface area contributed by atoms with E-state index in [1.54, 1.807) is 12.1 Å². The average Bonchev–Trinajstić information content (AvgIpc) is 2.71. The third-order valence-corrected chi connectivity index (χ3v) is 4.44. The minimum atomic E-state index is -0.225. The summed E-state index contributed by atoms with van der Waals surface area (Å²) in [7, 11) is 0. The zero-order valence-corrected chi connectivity index (χ0v) is 16.3. The normalized spacial score (nSPS) is 14.9. The SMILES string of the molecule is Cc1cc(C)nc(Nc2ccc(C(=O)NCC3COc4ccccc4O3)cc2)n1. The molecule has 0 saturated carbocycles. The van der Waals surface area contributed by atoms with E-state index in [1.165, 1.54) is 0 Å². The van der Waals surface area contributed by atoms with E-state index in [2.05, 4.69) is 20.6 Å². The number of rotatable bonds is 5. The zero-order chi connectivity index (χ0) is 20.2. The molecule has 1 aromatic heterocycles. The zero-order valence-electron chi connectivity index (χ0n) is 16.3. The number of carbonyl (C=O) groups is 1. The van der Waals surface area contributed by atoms with Gasteiger partial charge in [-0.15, -0.1) is 0 Å². The summed E-state index contributed by atoms with van der Waals surface area (Å²) < 4.78 is 11.5. The number of para-hydroxylation sites is 2. The molecule has 1 unspecified atom stereocenters. The van der Waals surface area contributed by atoms with Crippen LogP contribution in [0.25, 0.3) is 0 Å². The lowest BCUT2D eigenvalue weighted by molar-refractivity contribution is 0.0789. The van der Waals surface area contributed by atoms with Crippen LogP contribution in [0.3, 0.4) is 0 Å². The van der Waals surface area contributed by atoms with Gasteiger partial charge in [-0.05, 0) is 56.3 Å². The maximum absolute atomic E-state index is 12.4. The Kier molecular flexibility index (Phi) is 5.29. The predicted molar refractivity (Wildman–Crippen MR) is 110 cm³/mol. The van der Waals surface area contributed by atoms with Gasteiger partial charge in [0.2, 0.25) is 5.95 Å². The highest BCUT2D eigenvalue weighted by Crippen LogP contribution is 2.30. The number of hydrogen-bond acceptors (Lipinski definition) is 6. The van der Waals surface area contributed by atoms with E-state index in [-0.39, 0.29) is 12.0 Å². The van der Waals surface area contributed by atoms with Crippen molar-refractivity contribution in [2.24, 2.45) is 0 Å². The average molecular weight is 390 g/mol. The van der Waals surface area contributed by atoms with Gasteiger partial charge in [-0.25, -0.2) is 9.97 Å². The molecule has 1 aliphatic heterocycles. The number of fused-ring (bicyclic) bond motifs is 1. The summed E-state index contributed by atoms with van der Waals surface area (Å²) in [5, 5.41) is 6.05. The van der Waals surface area contributed by atoms with Crippen molar-refractivity contribution < 1.29 is 14.3 Å². The van der Waals surface area contributed by atoms with Crippen molar-refractivity contribution in [2.45, 2.75) is 20.0 Å². The van der Waals surface area contributed by atoms with Crippen molar-refractivity contribution in [1.29, 1.82) is 0 Å². The van der Waals surface area contributed by atoms with Crippen LogP contribution in [0.4, 0.5) is 11.6 Å². The van der Waals surface area contributed by atoms with Crippen molar-refractivity contribution in [2.75, 3.05) is 18.5 Å². The molecule has 0 aliphatic carbocycles. The van der Waals surface area contributed by atoms with E-state index in [1.807, 2.05) is 56.3 Å². The number of benzene rings is 2. The predicted octanol–water partition coefficient (Wildman–Crippen LogP) is 3.41. The minimum Gasteiger partial charge on any atom is -0.486 e. The monoisotopic (exact) mass is 390 g/mol. The lowest BCUT2D eigenvalue weighted by atomic mass is 10.2. The first-order valence-corrected chi connectivity index (χ1v) is 9.43. The molecule has 1 amide bonds. The summed E-state index contributed by atoms with van der Waals surface area (Å²) >= 11 is 0. The maximum Gasteiger partial charge on any atom is 0.251 e. The van der Waals surface area contributed by atoms with Crippen LogP contribution in [0, 0.1) is 13.8 Å². The topological polar surface area (TPSA) is 85.4 Å². The summed E-state index contributed by atoms with van der Waals surface area (Å²) in [6, 6.07) is 16.6. The molecule has 2 N–H and O–H groups in total. The van der Waals surface area contributed by atoms with E-state index in [0.29, 0.717) is 30.4 Å². The number of hydrogen-bond donors (Lipinski definition) is 2. The van der Waals surface area contributed by atoms with Crippen molar-refractivity contribution in [1.82, 2.24) is 15.3 Å². The number of ether oxygens (including phenoxy) is 2. The minimum absolute atomic E-state index is 0.165. The Balaban J connectivity index is 1.32. The molecule has 0 spiro atoms. The number of amides is 1. The fourth-order valence-corrected chi connectivity index (χ4v) is 3.09. The van der Waals surface area contributed by atoms with E-state index >= 15 is 0 Å². The second-order valence-electron chi connectivity index (χ2n) is 6.88. The van der Waals surface area contributed by atoms with Gasteiger partial charge in [-0.1, -0.05) is 12.1 Å². The summed E-state index contributed by atoms with van der Waals surface area (Å²) in [5.41, 5.74) is 3.17. The van der Waals surface area contributed by atoms with E-state index in [9.17, 15) is 4.79 Å². The van der Waals surface area contributed by atoms with Gasteiger partial charge >= 0.3 is 0 Å². The Morgan fingerprint density at radius 3 is 2.45 bits per heavy atom. The van der Waals surface area contributed by atoms with Gasteiger partial charge in [0.15, 0.2) is 11.5 Å². The van der Waals surface area contributed by atoms with Crippen molar-refractivity contribution >= 4 is 17.5 Å². The molecular weight excluding hydrogens is 368 g/mol. The van der Waals surface area contributed by atoms with E-state index in [0.717, 1.165) is 22.8 Å². The Hall–Kier alpha value is -3.61. The molecular formula is C22H22N4O3. The molecule has 2 heterocycles. The fraction of sp³-hybridized carbons (Fsp3) is 0.227. The molecule has 7 nitrogen and oxygen atoms in total. The molecule has 1 atom stereocenters. The molecule has 0 fully saturated rings. The maximum atomic E-state index is 12.4. The highest BCUT2D eigenvalue weighted by Gasteiger charge is 2.21. The number of anilines is 2. The number of aryl methyl sites for hydroxylation is 2. The highest BCUT2D eigenvalue weighted by atomic mass is 16.6. The van der Waals surface area contributed by atoms with Crippen molar-refractivity contribution in [3.63, 3.8) is 0 Å². The number of carbonyl (C=O) groups excluding carboxylic acids is 1. The van der Waals surface area contributed by atoms with Gasteiger partial charge < -0.3 is 20.1 Å². The van der Waals surface area contributed by atoms with Crippen LogP contribution in [0.2, 0.25) is 0 Å². The Labute approximate surface area is 169 Å². The molecule has 0 saturated heterocycles. The van der Waals surface area contributed by atoms with Crippen LogP contribution < -0.4 is 20.1 Å². The molecule has 7 heteroatoms. The number of nitrogens with zero attached hydrogens (tertiary/aromatic N) is 2. The van der Waals surface area contributed by atoms with Gasteiger partial charge in [0, 0.05) is 22.6 Å². The van der Waals surface area contributed by atoms with Gasteiger partial charge in [-0.2, -0.15) is 0 Å². The quantitative estimate of drug-likeness (QED) is 0.694. The smallest absolute Gasteiger partial charge is 0.251 e. The van der Waals surface area contributed by atoms with E-state index in [4.69, 9.17) is 9.47 Å². The Morgan fingerprint density at radius 1 is 1.03 bits per heavy atom. The lowest BCUT2D eigenvalue weighted by Gasteiger charge is -2.26. The summed E-state index contributed by atoms with van der Waals surface area (Å²) in [5.74, 6) is 1.80. The Morgan fingerprint density at radius 2 is 1.72 bits per heavy atom. The lowest BCUT2D eigenvalue weighted by Crippen LogP contribution is -2.40. The molecule has 0 radical (unpaired) electrons. The van der Waals surface area contributed by atoms with Crippen LogP contribution >= 0.6 is 0 Å². The first kappa shape index (κ1) is 18.7. The molecule has 148 valence electrons. The molecule has 29 heavy (non-hydrogen) atoms. The molecule has 0 bridgehead atoms. The molecule has 3 aromatic rings. The van der Waals surface area contributed by atoms with Crippen LogP contribution in [-0.4, -0.2) is 35.1 Å². The van der Waals surface area contributed by atoms with Crippen LogP contribution in [-0.2, 0) is 0 Å². The Bertz CT molecular complexity index is 1000. The largest absolute Gasteiger partial charge is 0.486 e. The molecule has 1 aliphatic rings. The fourth-order valence-electron chi connectivity index (χ4n) is 3.09. The van der Waals surface area contributed by atoms with Gasteiger partial charge in [-0.3, -0.25) is 4.79 Å². The number of aromatic nitrogens is 2. The van der Waals surface area contributed by atoms with Gasteiger partial charge in [0.1, 0.15) is 12.7 Å². The molecule has 2 aromatic carbocycles. The summed E-state index contributed by atoms with van der Waals surface area (Å²) in [6.07, 6.45) is -0.225.